The summed E-state index contributed by atoms with van der Waals surface area (Å²) in [5.74, 6) is 0.964. The summed E-state index contributed by atoms with van der Waals surface area (Å²) in [7, 11) is 0. The van der Waals surface area contributed by atoms with Crippen molar-refractivity contribution < 1.29 is 14.3 Å². The van der Waals surface area contributed by atoms with E-state index in [2.05, 4.69) is 48.5 Å². The summed E-state index contributed by atoms with van der Waals surface area (Å²) in [6.07, 6.45) is 5.52. The normalized spacial score (nSPS) is 24.5. The van der Waals surface area contributed by atoms with Crippen molar-refractivity contribution in [1.29, 1.82) is 0 Å². The highest BCUT2D eigenvalue weighted by Gasteiger charge is 2.60. The number of rotatable bonds is 9. The lowest BCUT2D eigenvalue weighted by Crippen LogP contribution is -2.66. The van der Waals surface area contributed by atoms with Gasteiger partial charge in [0.2, 0.25) is 0 Å². The van der Waals surface area contributed by atoms with Crippen LogP contribution in [0.15, 0.2) is 91.0 Å². The molecule has 33 heavy (non-hydrogen) atoms. The molecule has 3 saturated heterocycles. The SMILES string of the molecule is OC(c1ccccc1)(c1ccccc1)C12CC[N+](CCCCOc3ccccc3)(CC1)CC2. The Morgan fingerprint density at radius 2 is 1.18 bits per heavy atom. The van der Waals surface area contributed by atoms with Gasteiger partial charge < -0.3 is 14.3 Å². The Kier molecular flexibility index (Phi) is 6.27. The van der Waals surface area contributed by atoms with E-state index < -0.39 is 5.60 Å². The number of unbranched alkanes of at least 4 members (excludes halogenated alkanes) is 1. The summed E-state index contributed by atoms with van der Waals surface area (Å²) in [4.78, 5) is 0. The number of fused-ring (bicyclic) bond motifs is 3. The van der Waals surface area contributed by atoms with Gasteiger partial charge in [0.25, 0.3) is 0 Å². The van der Waals surface area contributed by atoms with Crippen LogP contribution in [0.5, 0.6) is 5.75 Å². The van der Waals surface area contributed by atoms with Gasteiger partial charge in [-0.1, -0.05) is 78.9 Å². The van der Waals surface area contributed by atoms with E-state index >= 15 is 0 Å². The molecule has 3 aliphatic heterocycles. The maximum atomic E-state index is 12.5. The second kappa shape index (κ2) is 9.32. The van der Waals surface area contributed by atoms with E-state index in [4.69, 9.17) is 4.74 Å². The highest BCUT2D eigenvalue weighted by molar-refractivity contribution is 5.39. The Hall–Kier alpha value is -2.62. The third-order valence-corrected chi connectivity index (χ3v) is 8.38. The first-order chi connectivity index (χ1) is 16.2. The minimum absolute atomic E-state index is 0.0911. The van der Waals surface area contributed by atoms with Crippen LogP contribution in [-0.2, 0) is 5.60 Å². The molecule has 3 heteroatoms. The predicted molar refractivity (Wildman–Crippen MR) is 133 cm³/mol. The highest BCUT2D eigenvalue weighted by atomic mass is 16.5. The molecule has 0 radical (unpaired) electrons. The molecular weight excluding hydrogens is 406 g/mol. The zero-order valence-corrected chi connectivity index (χ0v) is 19.5. The average molecular weight is 443 g/mol. The Balaban J connectivity index is 1.26. The molecule has 2 bridgehead atoms. The van der Waals surface area contributed by atoms with Crippen molar-refractivity contribution in [1.82, 2.24) is 0 Å². The molecule has 0 unspecified atom stereocenters. The number of para-hydroxylation sites is 1. The standard InChI is InChI=1S/C30H36NO2/c32-30(26-12-4-1-5-13-26,27-14-6-2-7-15-27)29-18-22-31(23-19-29,24-20-29)21-10-11-25-33-28-16-8-3-9-17-28/h1-9,12-17,32H,10-11,18-25H2/q+1. The largest absolute Gasteiger partial charge is 0.494 e. The molecule has 172 valence electrons. The van der Waals surface area contributed by atoms with Crippen LogP contribution in [0, 0.1) is 5.41 Å². The number of quaternary nitrogens is 1. The minimum Gasteiger partial charge on any atom is -0.494 e. The molecule has 0 spiro atoms. The predicted octanol–water partition coefficient (Wildman–Crippen LogP) is 5.78. The molecule has 3 fully saturated rings. The lowest BCUT2D eigenvalue weighted by Gasteiger charge is -2.60. The third-order valence-electron chi connectivity index (χ3n) is 8.38. The second-order valence-corrected chi connectivity index (χ2v) is 10.1. The van der Waals surface area contributed by atoms with E-state index in [1.54, 1.807) is 0 Å². The zero-order valence-electron chi connectivity index (χ0n) is 19.5. The van der Waals surface area contributed by atoms with Gasteiger partial charge in [-0.3, -0.25) is 0 Å². The van der Waals surface area contributed by atoms with Crippen LogP contribution in [0.2, 0.25) is 0 Å². The first kappa shape index (κ1) is 22.2. The summed E-state index contributed by atoms with van der Waals surface area (Å²) in [5.41, 5.74) is 1.05. The molecule has 3 aromatic carbocycles. The van der Waals surface area contributed by atoms with Crippen molar-refractivity contribution in [2.24, 2.45) is 5.41 Å². The topological polar surface area (TPSA) is 29.5 Å². The van der Waals surface area contributed by atoms with Crippen LogP contribution in [0.1, 0.15) is 43.2 Å². The number of hydrogen-bond donors (Lipinski definition) is 1. The molecule has 6 rings (SSSR count). The van der Waals surface area contributed by atoms with Gasteiger partial charge in [0, 0.05) is 24.7 Å². The van der Waals surface area contributed by atoms with Crippen molar-refractivity contribution in [2.75, 3.05) is 32.8 Å². The number of nitrogens with zero attached hydrogens (tertiary/aromatic N) is 1. The fourth-order valence-corrected chi connectivity index (χ4v) is 6.34. The molecule has 0 atom stereocenters. The van der Waals surface area contributed by atoms with Crippen molar-refractivity contribution >= 4 is 0 Å². The van der Waals surface area contributed by atoms with E-state index in [1.807, 2.05) is 42.5 Å². The first-order valence-electron chi connectivity index (χ1n) is 12.5. The molecule has 0 saturated carbocycles. The second-order valence-electron chi connectivity index (χ2n) is 10.1. The summed E-state index contributed by atoms with van der Waals surface area (Å²) >= 11 is 0. The molecule has 3 nitrogen and oxygen atoms in total. The molecule has 1 N–H and O–H groups in total. The van der Waals surface area contributed by atoms with Gasteiger partial charge in [-0.05, 0) is 36.1 Å². The van der Waals surface area contributed by atoms with E-state index in [-0.39, 0.29) is 5.41 Å². The fourth-order valence-electron chi connectivity index (χ4n) is 6.34. The van der Waals surface area contributed by atoms with Crippen LogP contribution in [-0.4, -0.2) is 42.4 Å². The summed E-state index contributed by atoms with van der Waals surface area (Å²) in [6, 6.07) is 30.9. The van der Waals surface area contributed by atoms with Gasteiger partial charge in [0.15, 0.2) is 0 Å². The Labute approximate surface area is 198 Å². The van der Waals surface area contributed by atoms with Crippen molar-refractivity contribution in [3.63, 3.8) is 0 Å². The number of aliphatic hydroxyl groups is 1. The quantitative estimate of drug-likeness (QED) is 0.336. The summed E-state index contributed by atoms with van der Waals surface area (Å²) in [6.45, 7) is 5.52. The van der Waals surface area contributed by atoms with Gasteiger partial charge in [0.05, 0.1) is 32.8 Å². The number of ether oxygens (including phenoxy) is 1. The van der Waals surface area contributed by atoms with Crippen LogP contribution in [0.4, 0.5) is 0 Å². The van der Waals surface area contributed by atoms with Gasteiger partial charge in [-0.15, -0.1) is 0 Å². The fraction of sp³-hybridized carbons (Fsp3) is 0.400. The lowest BCUT2D eigenvalue weighted by atomic mass is 9.56. The van der Waals surface area contributed by atoms with Gasteiger partial charge >= 0.3 is 0 Å². The molecule has 3 aromatic rings. The number of piperidine rings is 3. The molecule has 0 aromatic heterocycles. The van der Waals surface area contributed by atoms with Gasteiger partial charge in [-0.2, -0.15) is 0 Å². The zero-order chi connectivity index (χ0) is 22.6. The van der Waals surface area contributed by atoms with Gasteiger partial charge in [0.1, 0.15) is 11.4 Å². The smallest absolute Gasteiger partial charge is 0.121 e. The van der Waals surface area contributed by atoms with Crippen molar-refractivity contribution in [3.8, 4) is 5.75 Å². The van der Waals surface area contributed by atoms with E-state index in [1.165, 1.54) is 37.1 Å². The molecular formula is C30H36NO2+. The van der Waals surface area contributed by atoms with Crippen molar-refractivity contribution in [3.05, 3.63) is 102 Å². The highest BCUT2D eigenvalue weighted by Crippen LogP contribution is 2.57. The monoisotopic (exact) mass is 442 g/mol. The molecule has 0 aliphatic carbocycles. The van der Waals surface area contributed by atoms with Crippen molar-refractivity contribution in [2.45, 2.75) is 37.7 Å². The molecule has 3 heterocycles. The minimum atomic E-state index is -0.935. The van der Waals surface area contributed by atoms with Crippen LogP contribution < -0.4 is 4.74 Å². The Morgan fingerprint density at radius 3 is 1.70 bits per heavy atom. The van der Waals surface area contributed by atoms with E-state index in [0.29, 0.717) is 0 Å². The van der Waals surface area contributed by atoms with Crippen LogP contribution in [0.25, 0.3) is 0 Å². The van der Waals surface area contributed by atoms with Crippen LogP contribution in [0.3, 0.4) is 0 Å². The Bertz CT molecular complexity index is 955. The Morgan fingerprint density at radius 1 is 0.697 bits per heavy atom. The first-order valence-corrected chi connectivity index (χ1v) is 12.5. The third kappa shape index (κ3) is 4.20. The average Bonchev–Trinajstić information content (AvgIpc) is 2.90. The van der Waals surface area contributed by atoms with E-state index in [9.17, 15) is 5.11 Å². The number of benzene rings is 3. The summed E-state index contributed by atoms with van der Waals surface area (Å²) in [5, 5.41) is 12.5. The van der Waals surface area contributed by atoms with Gasteiger partial charge in [-0.25, -0.2) is 0 Å². The lowest BCUT2D eigenvalue weighted by molar-refractivity contribution is -0.946. The maximum Gasteiger partial charge on any atom is 0.121 e. The maximum absolute atomic E-state index is 12.5. The van der Waals surface area contributed by atoms with Crippen LogP contribution >= 0.6 is 0 Å². The summed E-state index contributed by atoms with van der Waals surface area (Å²) < 4.78 is 7.11. The molecule has 0 amide bonds. The molecule has 3 aliphatic rings. The van der Waals surface area contributed by atoms with E-state index in [0.717, 1.165) is 49.2 Å². The number of hydrogen-bond acceptors (Lipinski definition) is 2.